The summed E-state index contributed by atoms with van der Waals surface area (Å²) >= 11 is 0. The van der Waals surface area contributed by atoms with Crippen LogP contribution in [0.1, 0.15) is 32.6 Å². The van der Waals surface area contributed by atoms with E-state index in [1.165, 1.54) is 0 Å². The number of fused-ring (bicyclic) bond motifs is 1. The number of nitrogens with zero attached hydrogens (tertiary/aromatic N) is 2. The molecule has 1 N–H and O–H groups in total. The summed E-state index contributed by atoms with van der Waals surface area (Å²) in [5.74, 6) is -0.514. The van der Waals surface area contributed by atoms with Crippen molar-refractivity contribution in [2.75, 3.05) is 18.0 Å². The van der Waals surface area contributed by atoms with Crippen molar-refractivity contribution in [3.8, 4) is 0 Å². The number of hydrogen-bond donors (Lipinski definition) is 1. The van der Waals surface area contributed by atoms with Crippen LogP contribution in [0, 0.1) is 0 Å². The van der Waals surface area contributed by atoms with Gasteiger partial charge in [0.15, 0.2) is 0 Å². The number of likely N-dealkylation sites (N-methyl/N-ethyl adjacent to an activating group) is 1. The number of carbonyl (C=O) groups excluding carboxylic acids is 3. The van der Waals surface area contributed by atoms with Gasteiger partial charge < -0.3 is 10.2 Å². The monoisotopic (exact) mass is 365 g/mol. The first kappa shape index (κ1) is 17.5. The van der Waals surface area contributed by atoms with Crippen molar-refractivity contribution in [1.29, 1.82) is 0 Å². The molecule has 140 valence electrons. The predicted octanol–water partition coefficient (Wildman–Crippen LogP) is 3.06. The van der Waals surface area contributed by atoms with E-state index in [1.807, 2.05) is 49.4 Å². The van der Waals surface area contributed by atoms with Crippen LogP contribution >= 0.6 is 0 Å². The van der Waals surface area contributed by atoms with Gasteiger partial charge >= 0.3 is 6.03 Å². The van der Waals surface area contributed by atoms with Gasteiger partial charge in [0.25, 0.3) is 5.91 Å². The summed E-state index contributed by atoms with van der Waals surface area (Å²) in [6.07, 6.45) is 3.15. The van der Waals surface area contributed by atoms with Gasteiger partial charge in [-0.3, -0.25) is 14.5 Å². The first-order chi connectivity index (χ1) is 13.1. The van der Waals surface area contributed by atoms with E-state index in [0.29, 0.717) is 19.4 Å². The van der Waals surface area contributed by atoms with Crippen molar-refractivity contribution in [2.45, 2.75) is 38.1 Å². The van der Waals surface area contributed by atoms with Crippen molar-refractivity contribution in [1.82, 2.24) is 10.2 Å². The highest BCUT2D eigenvalue weighted by Crippen LogP contribution is 2.35. The summed E-state index contributed by atoms with van der Waals surface area (Å²) in [7, 11) is 0. The summed E-state index contributed by atoms with van der Waals surface area (Å²) < 4.78 is 0. The molecule has 4 amide bonds. The molecule has 6 nitrogen and oxygen atoms in total. The number of carbonyl (C=O) groups is 3. The van der Waals surface area contributed by atoms with Crippen LogP contribution in [0.15, 0.2) is 42.5 Å². The van der Waals surface area contributed by atoms with Crippen LogP contribution in [0.3, 0.4) is 0 Å². The lowest BCUT2D eigenvalue weighted by atomic mass is 9.98. The topological polar surface area (TPSA) is 69.7 Å². The van der Waals surface area contributed by atoms with Crippen LogP contribution < -0.4 is 10.2 Å². The Morgan fingerprint density at radius 1 is 1.11 bits per heavy atom. The summed E-state index contributed by atoms with van der Waals surface area (Å²) in [5, 5.41) is 4.84. The van der Waals surface area contributed by atoms with E-state index in [4.69, 9.17) is 0 Å². The van der Waals surface area contributed by atoms with E-state index in [1.54, 1.807) is 4.90 Å². The molecule has 0 radical (unpaired) electrons. The molecule has 27 heavy (non-hydrogen) atoms. The largest absolute Gasteiger partial charge is 0.325 e. The molecule has 4 rings (SSSR count). The molecule has 0 aromatic heterocycles. The average molecular weight is 365 g/mol. The number of benzene rings is 2. The van der Waals surface area contributed by atoms with Crippen molar-refractivity contribution in [3.05, 3.63) is 42.5 Å². The fourth-order valence-electron chi connectivity index (χ4n) is 4.28. The zero-order chi connectivity index (χ0) is 19.0. The summed E-state index contributed by atoms with van der Waals surface area (Å²) in [4.78, 5) is 40.9. The lowest BCUT2D eigenvalue weighted by Crippen LogP contribution is -2.46. The van der Waals surface area contributed by atoms with E-state index in [9.17, 15) is 14.4 Å². The van der Waals surface area contributed by atoms with Crippen LogP contribution in [0.4, 0.5) is 10.5 Å². The van der Waals surface area contributed by atoms with E-state index in [0.717, 1.165) is 34.2 Å². The van der Waals surface area contributed by atoms with Gasteiger partial charge in [0.05, 0.1) is 5.69 Å². The lowest BCUT2D eigenvalue weighted by molar-refractivity contribution is -0.134. The Labute approximate surface area is 158 Å². The third kappa shape index (κ3) is 2.85. The van der Waals surface area contributed by atoms with Crippen LogP contribution in [0.5, 0.6) is 0 Å². The SMILES string of the molecule is CCN(C(=O)CN1C(=O)NC2(CCCC2)C1=O)c1cccc2ccccc12. The van der Waals surface area contributed by atoms with Gasteiger partial charge in [-0.1, -0.05) is 49.2 Å². The summed E-state index contributed by atoms with van der Waals surface area (Å²) in [5.41, 5.74) is 0.0108. The molecule has 0 atom stereocenters. The minimum Gasteiger partial charge on any atom is -0.323 e. The quantitative estimate of drug-likeness (QED) is 0.847. The molecule has 2 aromatic carbocycles. The second-order valence-electron chi connectivity index (χ2n) is 7.25. The van der Waals surface area contributed by atoms with Crippen LogP contribution in [0.2, 0.25) is 0 Å². The molecule has 1 saturated carbocycles. The molecule has 2 fully saturated rings. The van der Waals surface area contributed by atoms with E-state index < -0.39 is 11.6 Å². The van der Waals surface area contributed by atoms with E-state index >= 15 is 0 Å². The average Bonchev–Trinajstić information content (AvgIpc) is 3.23. The first-order valence-corrected chi connectivity index (χ1v) is 9.48. The number of anilines is 1. The number of nitrogens with one attached hydrogen (secondary N) is 1. The van der Waals surface area contributed by atoms with Crippen molar-refractivity contribution in [3.63, 3.8) is 0 Å². The Hall–Kier alpha value is -2.89. The predicted molar refractivity (Wildman–Crippen MR) is 103 cm³/mol. The van der Waals surface area contributed by atoms with Crippen molar-refractivity contribution >= 4 is 34.3 Å². The molecule has 1 heterocycles. The fraction of sp³-hybridized carbons (Fsp3) is 0.381. The summed E-state index contributed by atoms with van der Waals surface area (Å²) in [6.45, 7) is 2.12. The van der Waals surface area contributed by atoms with Gasteiger partial charge in [-0.25, -0.2) is 4.79 Å². The molecule has 0 bridgehead atoms. The highest BCUT2D eigenvalue weighted by Gasteiger charge is 2.52. The Morgan fingerprint density at radius 3 is 2.56 bits per heavy atom. The van der Waals surface area contributed by atoms with E-state index in [2.05, 4.69) is 5.32 Å². The maximum Gasteiger partial charge on any atom is 0.325 e. The fourth-order valence-corrected chi connectivity index (χ4v) is 4.28. The number of hydrogen-bond acceptors (Lipinski definition) is 3. The third-order valence-electron chi connectivity index (χ3n) is 5.67. The normalized spacial score (nSPS) is 18.3. The van der Waals surface area contributed by atoms with Crippen LogP contribution in [-0.2, 0) is 9.59 Å². The molecule has 2 aromatic rings. The second kappa shape index (κ2) is 6.68. The van der Waals surface area contributed by atoms with Gasteiger partial charge in [-0.15, -0.1) is 0 Å². The van der Waals surface area contributed by atoms with Gasteiger partial charge in [0, 0.05) is 11.9 Å². The smallest absolute Gasteiger partial charge is 0.323 e. The minimum absolute atomic E-state index is 0.233. The zero-order valence-electron chi connectivity index (χ0n) is 15.4. The number of imide groups is 1. The Balaban J connectivity index is 1.59. The standard InChI is InChI=1S/C21H23N3O3/c1-2-23(17-11-7-9-15-8-3-4-10-16(15)17)18(25)14-24-19(26)21(22-20(24)27)12-5-6-13-21/h3-4,7-11H,2,5-6,12-14H2,1H3,(H,22,27). The van der Waals surface area contributed by atoms with Crippen molar-refractivity contribution in [2.24, 2.45) is 0 Å². The van der Waals surface area contributed by atoms with Gasteiger partial charge in [0.2, 0.25) is 5.91 Å². The first-order valence-electron chi connectivity index (χ1n) is 9.48. The molecule has 6 heteroatoms. The third-order valence-corrected chi connectivity index (χ3v) is 5.67. The molecule has 2 aliphatic rings. The van der Waals surface area contributed by atoms with Crippen LogP contribution in [-0.4, -0.2) is 41.4 Å². The lowest BCUT2D eigenvalue weighted by Gasteiger charge is -2.25. The molecule has 1 saturated heterocycles. The zero-order valence-corrected chi connectivity index (χ0v) is 15.4. The highest BCUT2D eigenvalue weighted by molar-refractivity contribution is 6.11. The minimum atomic E-state index is -0.784. The Kier molecular flexibility index (Phi) is 4.34. The Morgan fingerprint density at radius 2 is 1.81 bits per heavy atom. The Bertz CT molecular complexity index is 913. The number of amides is 4. The van der Waals surface area contributed by atoms with E-state index in [-0.39, 0.29) is 18.4 Å². The van der Waals surface area contributed by atoms with Gasteiger partial charge in [0.1, 0.15) is 12.1 Å². The maximum absolute atomic E-state index is 13.0. The molecule has 1 aliphatic heterocycles. The van der Waals surface area contributed by atoms with Gasteiger partial charge in [-0.2, -0.15) is 0 Å². The maximum atomic E-state index is 13.0. The molecule has 0 unspecified atom stereocenters. The molecule has 1 spiro atoms. The van der Waals surface area contributed by atoms with Crippen molar-refractivity contribution < 1.29 is 14.4 Å². The van der Waals surface area contributed by atoms with Gasteiger partial charge in [-0.05, 0) is 31.2 Å². The molecular weight excluding hydrogens is 342 g/mol. The number of rotatable bonds is 4. The number of urea groups is 1. The summed E-state index contributed by atoms with van der Waals surface area (Å²) in [6, 6.07) is 13.2. The molecule has 1 aliphatic carbocycles. The van der Waals surface area contributed by atoms with Crippen LogP contribution in [0.25, 0.3) is 10.8 Å². The second-order valence-corrected chi connectivity index (χ2v) is 7.25. The molecular formula is C21H23N3O3. The highest BCUT2D eigenvalue weighted by atomic mass is 16.2.